The normalized spacial score (nSPS) is 11.0. The summed E-state index contributed by atoms with van der Waals surface area (Å²) in [5.41, 5.74) is 0.886. The maximum atomic E-state index is 12.3. The number of benzene rings is 1. The lowest BCUT2D eigenvalue weighted by Crippen LogP contribution is -2.46. The first-order valence-electron chi connectivity index (χ1n) is 11.4. The predicted octanol–water partition coefficient (Wildman–Crippen LogP) is -0.974. The number of ether oxygens (including phenoxy) is 1. The third-order valence-corrected chi connectivity index (χ3v) is 4.90. The van der Waals surface area contributed by atoms with Crippen molar-refractivity contribution in [2.24, 2.45) is 0 Å². The second-order valence-electron chi connectivity index (χ2n) is 7.95. The number of amides is 1. The van der Waals surface area contributed by atoms with E-state index < -0.39 is 37.0 Å². The summed E-state index contributed by atoms with van der Waals surface area (Å²) in [4.78, 5) is 62.0. The Hall–Kier alpha value is -3.55. The highest BCUT2D eigenvalue weighted by atomic mass is 16.5. The molecule has 1 aromatic rings. The van der Waals surface area contributed by atoms with Crippen molar-refractivity contribution in [3.63, 3.8) is 0 Å². The molecule has 13 heteroatoms. The van der Waals surface area contributed by atoms with E-state index in [0.29, 0.717) is 0 Å². The molecule has 0 bridgehead atoms. The van der Waals surface area contributed by atoms with Gasteiger partial charge in [0.05, 0.1) is 39.3 Å². The van der Waals surface area contributed by atoms with Crippen molar-refractivity contribution < 1.29 is 44.0 Å². The lowest BCUT2D eigenvalue weighted by Gasteiger charge is -2.27. The lowest BCUT2D eigenvalue weighted by atomic mass is 10.2. The van der Waals surface area contributed by atoms with Crippen molar-refractivity contribution in [3.05, 3.63) is 35.9 Å². The van der Waals surface area contributed by atoms with Gasteiger partial charge >= 0.3 is 23.9 Å². The minimum atomic E-state index is -1.15. The molecule has 4 N–H and O–H groups in total. The van der Waals surface area contributed by atoms with Gasteiger partial charge in [0.15, 0.2) is 0 Å². The molecule has 0 aromatic heterocycles. The first kappa shape index (κ1) is 30.5. The van der Waals surface area contributed by atoms with Gasteiger partial charge in [0.1, 0.15) is 0 Å². The van der Waals surface area contributed by atoms with Gasteiger partial charge in [0.2, 0.25) is 5.91 Å². The highest BCUT2D eigenvalue weighted by molar-refractivity contribution is 5.79. The van der Waals surface area contributed by atoms with Gasteiger partial charge in [0.25, 0.3) is 0 Å². The molecule has 0 fully saturated rings. The third-order valence-electron chi connectivity index (χ3n) is 4.90. The van der Waals surface area contributed by atoms with Crippen molar-refractivity contribution in [3.8, 4) is 0 Å². The van der Waals surface area contributed by atoms with E-state index >= 15 is 0 Å². The van der Waals surface area contributed by atoms with Crippen LogP contribution in [0.3, 0.4) is 0 Å². The minimum absolute atomic E-state index is 0.0644. The van der Waals surface area contributed by atoms with Crippen LogP contribution in [0.1, 0.15) is 12.5 Å². The highest BCUT2D eigenvalue weighted by Crippen LogP contribution is 2.00. The van der Waals surface area contributed by atoms with Gasteiger partial charge in [-0.2, -0.15) is 0 Å². The number of carbonyl (C=O) groups is 5. The van der Waals surface area contributed by atoms with Crippen LogP contribution in [0, 0.1) is 0 Å². The molecule has 1 amide bonds. The molecule has 0 aliphatic carbocycles. The first-order chi connectivity index (χ1) is 17.1. The second-order valence-corrected chi connectivity index (χ2v) is 7.95. The van der Waals surface area contributed by atoms with Crippen LogP contribution in [-0.4, -0.2) is 125 Å². The molecule has 1 aromatic carbocycles. The summed E-state index contributed by atoms with van der Waals surface area (Å²) in [6.07, 6.45) is 0. The SMILES string of the molecule is CCOC(=O)CN(CCN(CCN(CC(=O)O)CC(=O)NCc1ccccc1)CC(=O)O)CC(=O)O. The molecule has 0 aliphatic heterocycles. The number of carbonyl (C=O) groups excluding carboxylic acids is 2. The number of hydrogen-bond acceptors (Lipinski definition) is 9. The fourth-order valence-electron chi connectivity index (χ4n) is 3.28. The molecule has 13 nitrogen and oxygen atoms in total. The predicted molar refractivity (Wildman–Crippen MR) is 127 cm³/mol. The molecule has 0 saturated heterocycles. The Morgan fingerprint density at radius 3 is 1.69 bits per heavy atom. The average Bonchev–Trinajstić information content (AvgIpc) is 2.79. The minimum Gasteiger partial charge on any atom is -0.480 e. The summed E-state index contributed by atoms with van der Waals surface area (Å²) < 4.78 is 4.84. The zero-order valence-electron chi connectivity index (χ0n) is 20.3. The molecule has 0 heterocycles. The average molecular weight is 511 g/mol. The number of carboxylic acids is 3. The quantitative estimate of drug-likeness (QED) is 0.168. The molecule has 36 heavy (non-hydrogen) atoms. The summed E-state index contributed by atoms with van der Waals surface area (Å²) in [6, 6.07) is 9.20. The van der Waals surface area contributed by atoms with E-state index in [4.69, 9.17) is 9.84 Å². The number of nitrogens with zero attached hydrogens (tertiary/aromatic N) is 3. The summed E-state index contributed by atoms with van der Waals surface area (Å²) in [7, 11) is 0. The van der Waals surface area contributed by atoms with Crippen molar-refractivity contribution in [1.29, 1.82) is 0 Å². The van der Waals surface area contributed by atoms with Crippen molar-refractivity contribution in [1.82, 2.24) is 20.0 Å². The van der Waals surface area contributed by atoms with Gasteiger partial charge in [-0.25, -0.2) is 0 Å². The number of aliphatic carboxylic acids is 3. The van der Waals surface area contributed by atoms with Crippen LogP contribution < -0.4 is 5.32 Å². The van der Waals surface area contributed by atoms with Crippen LogP contribution in [-0.2, 0) is 35.3 Å². The molecular weight excluding hydrogens is 476 g/mol. The smallest absolute Gasteiger partial charge is 0.320 e. The number of esters is 1. The van der Waals surface area contributed by atoms with Crippen molar-refractivity contribution in [2.75, 3.05) is 65.5 Å². The molecule has 0 saturated carbocycles. The molecule has 0 spiro atoms. The van der Waals surface area contributed by atoms with E-state index in [1.165, 1.54) is 14.7 Å². The van der Waals surface area contributed by atoms with Crippen LogP contribution >= 0.6 is 0 Å². The van der Waals surface area contributed by atoms with E-state index in [2.05, 4.69) is 5.32 Å². The topological polar surface area (TPSA) is 177 Å². The maximum Gasteiger partial charge on any atom is 0.320 e. The van der Waals surface area contributed by atoms with Gasteiger partial charge in [-0.15, -0.1) is 0 Å². The van der Waals surface area contributed by atoms with Crippen LogP contribution in [0.15, 0.2) is 30.3 Å². The molecule has 200 valence electrons. The van der Waals surface area contributed by atoms with Crippen LogP contribution in [0.4, 0.5) is 0 Å². The standard InChI is InChI=1S/C23H34N4O9/c1-2-36-23(35)17-27(16-22(33)34)11-9-25(14-20(29)30)8-10-26(15-21(31)32)13-19(28)24-12-18-6-4-3-5-7-18/h3-7H,2,8-17H2,1H3,(H,24,28)(H,29,30)(H,31,32)(H,33,34). The Morgan fingerprint density at radius 2 is 1.19 bits per heavy atom. The van der Waals surface area contributed by atoms with Crippen molar-refractivity contribution in [2.45, 2.75) is 13.5 Å². The largest absolute Gasteiger partial charge is 0.480 e. The van der Waals surface area contributed by atoms with Gasteiger partial charge in [-0.3, -0.25) is 38.7 Å². The Labute approximate surface area is 209 Å². The monoisotopic (exact) mass is 510 g/mol. The molecule has 0 unspecified atom stereocenters. The number of carboxylic acid groups (broad SMARTS) is 3. The van der Waals surface area contributed by atoms with Gasteiger partial charge in [-0.1, -0.05) is 30.3 Å². The third kappa shape index (κ3) is 14.7. The van der Waals surface area contributed by atoms with E-state index in [0.717, 1.165) is 5.56 Å². The van der Waals surface area contributed by atoms with E-state index in [9.17, 15) is 34.2 Å². The van der Waals surface area contributed by atoms with Crippen LogP contribution in [0.25, 0.3) is 0 Å². The van der Waals surface area contributed by atoms with Gasteiger partial charge in [0, 0.05) is 32.7 Å². The highest BCUT2D eigenvalue weighted by Gasteiger charge is 2.20. The Morgan fingerprint density at radius 1 is 0.722 bits per heavy atom. The van der Waals surface area contributed by atoms with Gasteiger partial charge < -0.3 is 25.4 Å². The number of rotatable bonds is 19. The summed E-state index contributed by atoms with van der Waals surface area (Å²) in [5, 5.41) is 30.3. The van der Waals surface area contributed by atoms with Crippen LogP contribution in [0.2, 0.25) is 0 Å². The maximum absolute atomic E-state index is 12.3. The van der Waals surface area contributed by atoms with Crippen molar-refractivity contribution >= 4 is 29.8 Å². The summed E-state index contributed by atoms with van der Waals surface area (Å²) in [6.45, 7) is 0.674. The molecule has 0 radical (unpaired) electrons. The molecule has 1 rings (SSSR count). The van der Waals surface area contributed by atoms with E-state index in [1.54, 1.807) is 6.92 Å². The first-order valence-corrected chi connectivity index (χ1v) is 11.4. The lowest BCUT2D eigenvalue weighted by molar-refractivity contribution is -0.146. The fraction of sp³-hybridized carbons (Fsp3) is 0.522. The summed E-state index contributed by atoms with van der Waals surface area (Å²) >= 11 is 0. The van der Waals surface area contributed by atoms with E-state index in [1.807, 2.05) is 30.3 Å². The zero-order valence-corrected chi connectivity index (χ0v) is 20.3. The second kappa shape index (κ2) is 17.0. The number of hydrogen-bond donors (Lipinski definition) is 4. The molecular formula is C23H34N4O9. The zero-order chi connectivity index (χ0) is 26.9. The van der Waals surface area contributed by atoms with E-state index in [-0.39, 0.29) is 64.9 Å². The fourth-order valence-corrected chi connectivity index (χ4v) is 3.28. The van der Waals surface area contributed by atoms with Gasteiger partial charge in [-0.05, 0) is 12.5 Å². The number of nitrogens with one attached hydrogen (secondary N) is 1. The Bertz CT molecular complexity index is 866. The summed E-state index contributed by atoms with van der Waals surface area (Å²) in [5.74, 6) is -4.41. The molecule has 0 atom stereocenters. The molecule has 0 aliphatic rings. The Kier molecular flexibility index (Phi) is 14.4. The van der Waals surface area contributed by atoms with Crippen LogP contribution in [0.5, 0.6) is 0 Å². The Balaban J connectivity index is 2.71.